The predicted molar refractivity (Wildman–Crippen MR) is 135 cm³/mol. The molecule has 0 radical (unpaired) electrons. The summed E-state index contributed by atoms with van der Waals surface area (Å²) >= 11 is 0. The normalized spacial score (nSPS) is 21.8. The molecule has 2 heteroatoms. The third-order valence-electron chi connectivity index (χ3n) is 7.81. The van der Waals surface area contributed by atoms with Crippen LogP contribution in [0.15, 0.2) is 42.6 Å². The van der Waals surface area contributed by atoms with Crippen molar-refractivity contribution in [1.82, 2.24) is 4.98 Å². The minimum atomic E-state index is -0.0813. The Bertz CT molecular complexity index is 836. The first-order chi connectivity index (χ1) is 15.6. The Hall–Kier alpha value is -2.14. The maximum Gasteiger partial charge on any atom is 0.0702 e. The predicted octanol–water partition coefficient (Wildman–Crippen LogP) is 8.87. The van der Waals surface area contributed by atoms with Crippen molar-refractivity contribution in [3.8, 4) is 17.3 Å². The SMILES string of the molecule is CCCCCCc1ccc(-c2ccc(C3CCC(C#N)(CC[C@@H](C)CC)CC3)cc2)nc1. The fourth-order valence-electron chi connectivity index (χ4n) is 5.07. The molecule has 1 heterocycles. The second kappa shape index (κ2) is 12.2. The molecule has 1 aliphatic rings. The number of hydrogen-bond acceptors (Lipinski definition) is 2. The van der Waals surface area contributed by atoms with Gasteiger partial charge in [0, 0.05) is 11.8 Å². The molecule has 1 aliphatic carbocycles. The van der Waals surface area contributed by atoms with E-state index in [1.165, 1.54) is 55.2 Å². The highest BCUT2D eigenvalue weighted by Gasteiger charge is 2.35. The van der Waals surface area contributed by atoms with Gasteiger partial charge in [0.2, 0.25) is 0 Å². The van der Waals surface area contributed by atoms with Crippen LogP contribution < -0.4 is 0 Å². The van der Waals surface area contributed by atoms with E-state index < -0.39 is 0 Å². The van der Waals surface area contributed by atoms with Gasteiger partial charge in [0.15, 0.2) is 0 Å². The fraction of sp³-hybridized carbons (Fsp3) is 0.600. The highest BCUT2D eigenvalue weighted by molar-refractivity contribution is 5.59. The topological polar surface area (TPSA) is 36.7 Å². The average Bonchev–Trinajstić information content (AvgIpc) is 2.86. The van der Waals surface area contributed by atoms with Crippen LogP contribution in [-0.4, -0.2) is 4.98 Å². The summed E-state index contributed by atoms with van der Waals surface area (Å²) in [5.74, 6) is 1.32. The quantitative estimate of drug-likeness (QED) is 0.334. The van der Waals surface area contributed by atoms with Crippen LogP contribution in [0.25, 0.3) is 11.3 Å². The number of pyridine rings is 1. The van der Waals surface area contributed by atoms with Gasteiger partial charge < -0.3 is 0 Å². The molecule has 0 saturated heterocycles. The fourth-order valence-corrected chi connectivity index (χ4v) is 5.07. The summed E-state index contributed by atoms with van der Waals surface area (Å²) in [5, 5.41) is 9.88. The van der Waals surface area contributed by atoms with E-state index in [2.05, 4.69) is 69.4 Å². The summed E-state index contributed by atoms with van der Waals surface area (Å²) in [6.45, 7) is 6.82. The number of nitriles is 1. The van der Waals surface area contributed by atoms with Crippen LogP contribution >= 0.6 is 0 Å². The van der Waals surface area contributed by atoms with E-state index in [9.17, 15) is 5.26 Å². The largest absolute Gasteiger partial charge is 0.256 e. The van der Waals surface area contributed by atoms with Crippen LogP contribution in [0.2, 0.25) is 0 Å². The van der Waals surface area contributed by atoms with E-state index in [-0.39, 0.29) is 5.41 Å². The first kappa shape index (κ1) is 24.5. The molecule has 1 aromatic carbocycles. The Morgan fingerprint density at radius 2 is 1.78 bits per heavy atom. The lowest BCUT2D eigenvalue weighted by atomic mass is 9.67. The van der Waals surface area contributed by atoms with E-state index in [1.54, 1.807) is 0 Å². The number of aromatic nitrogens is 1. The van der Waals surface area contributed by atoms with Crippen molar-refractivity contribution < 1.29 is 0 Å². The van der Waals surface area contributed by atoms with Crippen molar-refractivity contribution in [1.29, 1.82) is 5.26 Å². The average molecular weight is 431 g/mol. The molecule has 0 unspecified atom stereocenters. The van der Waals surface area contributed by atoms with Gasteiger partial charge in [-0.15, -0.1) is 0 Å². The van der Waals surface area contributed by atoms with Crippen molar-refractivity contribution in [2.24, 2.45) is 11.3 Å². The van der Waals surface area contributed by atoms with Crippen molar-refractivity contribution in [2.45, 2.75) is 104 Å². The van der Waals surface area contributed by atoms with Gasteiger partial charge in [-0.1, -0.05) is 76.8 Å². The smallest absolute Gasteiger partial charge is 0.0702 e. The lowest BCUT2D eigenvalue weighted by Gasteiger charge is -2.36. The molecule has 172 valence electrons. The molecule has 32 heavy (non-hydrogen) atoms. The van der Waals surface area contributed by atoms with Crippen molar-refractivity contribution in [3.05, 3.63) is 53.7 Å². The molecule has 1 aromatic heterocycles. The second-order valence-electron chi connectivity index (χ2n) is 10.2. The maximum atomic E-state index is 9.88. The van der Waals surface area contributed by atoms with Crippen molar-refractivity contribution in [3.63, 3.8) is 0 Å². The molecule has 0 amide bonds. The van der Waals surface area contributed by atoms with Gasteiger partial charge in [-0.3, -0.25) is 4.98 Å². The molecule has 1 fully saturated rings. The number of unbranched alkanes of at least 4 members (excludes halogenated alkanes) is 3. The molecule has 1 saturated carbocycles. The highest BCUT2D eigenvalue weighted by Crippen LogP contribution is 2.46. The van der Waals surface area contributed by atoms with Crippen molar-refractivity contribution >= 4 is 0 Å². The molecule has 0 bridgehead atoms. The van der Waals surface area contributed by atoms with Crippen LogP contribution in [0.5, 0.6) is 0 Å². The summed E-state index contributed by atoms with van der Waals surface area (Å²) in [7, 11) is 0. The summed E-state index contributed by atoms with van der Waals surface area (Å²) in [6, 6.07) is 16.2. The van der Waals surface area contributed by atoms with Gasteiger partial charge in [-0.25, -0.2) is 0 Å². The van der Waals surface area contributed by atoms with Gasteiger partial charge >= 0.3 is 0 Å². The van der Waals surface area contributed by atoms with E-state index in [0.717, 1.165) is 50.1 Å². The number of nitrogens with zero attached hydrogens (tertiary/aromatic N) is 2. The van der Waals surface area contributed by atoms with Gasteiger partial charge in [0.05, 0.1) is 17.2 Å². The van der Waals surface area contributed by atoms with Crippen LogP contribution in [0, 0.1) is 22.7 Å². The van der Waals surface area contributed by atoms with Gasteiger partial charge in [-0.05, 0) is 80.4 Å². The monoisotopic (exact) mass is 430 g/mol. The number of rotatable bonds is 11. The zero-order chi connectivity index (χ0) is 22.8. The Kier molecular flexibility index (Phi) is 9.34. The molecular formula is C30H42N2. The standard InChI is InChI=1S/C30H42N2/c1-4-6-7-8-9-25-10-15-29(32-22-25)28-13-11-26(12-14-28)27-17-20-30(23-31,21-18-27)19-16-24(3)5-2/h10-15,22,24,27H,4-9,16-21H2,1-3H3/t24-,27?,30?/m0/s1. The Labute approximate surface area is 196 Å². The Morgan fingerprint density at radius 1 is 1.03 bits per heavy atom. The van der Waals surface area contributed by atoms with E-state index in [4.69, 9.17) is 4.98 Å². The Morgan fingerprint density at radius 3 is 2.38 bits per heavy atom. The molecule has 2 aromatic rings. The Balaban J connectivity index is 1.54. The van der Waals surface area contributed by atoms with Crippen LogP contribution in [-0.2, 0) is 6.42 Å². The van der Waals surface area contributed by atoms with Crippen LogP contribution in [0.3, 0.4) is 0 Å². The van der Waals surface area contributed by atoms with Gasteiger partial charge in [0.25, 0.3) is 0 Å². The van der Waals surface area contributed by atoms with Crippen LogP contribution in [0.1, 0.15) is 108 Å². The minimum Gasteiger partial charge on any atom is -0.256 e. The number of aryl methyl sites for hydroxylation is 1. The highest BCUT2D eigenvalue weighted by atomic mass is 14.7. The lowest BCUT2D eigenvalue weighted by molar-refractivity contribution is 0.213. The second-order valence-corrected chi connectivity index (χ2v) is 10.2. The lowest BCUT2D eigenvalue weighted by Crippen LogP contribution is -2.26. The minimum absolute atomic E-state index is 0.0813. The first-order valence-electron chi connectivity index (χ1n) is 13.1. The number of benzene rings is 1. The molecular weight excluding hydrogens is 388 g/mol. The van der Waals surface area contributed by atoms with Gasteiger partial charge in [-0.2, -0.15) is 5.26 Å². The molecule has 3 rings (SSSR count). The molecule has 1 atom stereocenters. The summed E-state index contributed by atoms with van der Waals surface area (Å²) in [5.41, 5.74) is 4.95. The molecule has 0 spiro atoms. The molecule has 2 nitrogen and oxygen atoms in total. The van der Waals surface area contributed by atoms with Crippen molar-refractivity contribution in [2.75, 3.05) is 0 Å². The van der Waals surface area contributed by atoms with Gasteiger partial charge in [0.1, 0.15) is 0 Å². The third-order valence-corrected chi connectivity index (χ3v) is 7.81. The van der Waals surface area contributed by atoms with E-state index >= 15 is 0 Å². The van der Waals surface area contributed by atoms with E-state index in [0.29, 0.717) is 5.92 Å². The van der Waals surface area contributed by atoms with E-state index in [1.807, 2.05) is 0 Å². The summed E-state index contributed by atoms with van der Waals surface area (Å²) in [4.78, 5) is 4.73. The first-order valence-corrected chi connectivity index (χ1v) is 13.1. The molecule has 0 N–H and O–H groups in total. The van der Waals surface area contributed by atoms with Crippen LogP contribution in [0.4, 0.5) is 0 Å². The zero-order valence-corrected chi connectivity index (χ0v) is 20.6. The summed E-state index contributed by atoms with van der Waals surface area (Å²) in [6.07, 6.45) is 16.2. The zero-order valence-electron chi connectivity index (χ0n) is 20.6. The number of hydrogen-bond donors (Lipinski definition) is 0. The third kappa shape index (κ3) is 6.68. The molecule has 0 aliphatic heterocycles. The summed E-state index contributed by atoms with van der Waals surface area (Å²) < 4.78 is 0. The maximum absolute atomic E-state index is 9.88.